The van der Waals surface area contributed by atoms with Gasteiger partial charge in [-0.2, -0.15) is 0 Å². The zero-order valence-corrected chi connectivity index (χ0v) is 7.80. The molecule has 0 saturated carbocycles. The molecule has 0 aliphatic heterocycles. The molecular weight excluding hydrogens is 181 g/mol. The second kappa shape index (κ2) is 3.25. The fourth-order valence-corrected chi connectivity index (χ4v) is 1.61. The van der Waals surface area contributed by atoms with E-state index in [9.17, 15) is 9.18 Å². The predicted octanol–water partition coefficient (Wildman–Crippen LogP) is 1.86. The van der Waals surface area contributed by atoms with Crippen LogP contribution >= 0.6 is 0 Å². The molecule has 0 saturated heterocycles. The Bertz CT molecular complexity index is 423. The standard InChI is InChI=1S/C11H10FNO/c1-7(14)13-11-5-3-8-2-4-9(12)6-10(8)11/h2,4-6H,3H2,1H3,(H,13,14). The Morgan fingerprint density at radius 1 is 1.50 bits per heavy atom. The first-order valence-corrected chi connectivity index (χ1v) is 4.43. The number of carbonyl (C=O) groups excluding carboxylic acids is 1. The second-order valence-corrected chi connectivity index (χ2v) is 3.30. The molecule has 2 rings (SSSR count). The van der Waals surface area contributed by atoms with Crippen LogP contribution in [0.2, 0.25) is 0 Å². The Hall–Kier alpha value is -1.64. The maximum absolute atomic E-state index is 12.9. The largest absolute Gasteiger partial charge is 0.326 e. The summed E-state index contributed by atoms with van der Waals surface area (Å²) in [7, 11) is 0. The van der Waals surface area contributed by atoms with E-state index in [4.69, 9.17) is 0 Å². The van der Waals surface area contributed by atoms with Crippen molar-refractivity contribution in [2.45, 2.75) is 13.3 Å². The minimum atomic E-state index is -0.276. The van der Waals surface area contributed by atoms with Crippen LogP contribution in [-0.4, -0.2) is 5.91 Å². The Labute approximate surface area is 81.4 Å². The van der Waals surface area contributed by atoms with Crippen LogP contribution in [0.1, 0.15) is 18.1 Å². The number of benzene rings is 1. The van der Waals surface area contributed by atoms with Gasteiger partial charge >= 0.3 is 0 Å². The highest BCUT2D eigenvalue weighted by Gasteiger charge is 2.15. The molecule has 2 nitrogen and oxygen atoms in total. The van der Waals surface area contributed by atoms with Gasteiger partial charge in [-0.1, -0.05) is 12.1 Å². The monoisotopic (exact) mass is 191 g/mol. The van der Waals surface area contributed by atoms with E-state index < -0.39 is 0 Å². The number of rotatable bonds is 1. The topological polar surface area (TPSA) is 29.1 Å². The summed E-state index contributed by atoms with van der Waals surface area (Å²) in [6.07, 6.45) is 2.65. The van der Waals surface area contributed by atoms with E-state index in [0.29, 0.717) is 5.70 Å². The summed E-state index contributed by atoms with van der Waals surface area (Å²) in [5.74, 6) is -0.407. The molecule has 1 aliphatic rings. The van der Waals surface area contributed by atoms with Crippen LogP contribution < -0.4 is 5.32 Å². The average Bonchev–Trinajstić information content (AvgIpc) is 2.47. The minimum Gasteiger partial charge on any atom is -0.326 e. The lowest BCUT2D eigenvalue weighted by atomic mass is 10.1. The summed E-state index contributed by atoms with van der Waals surface area (Å²) in [6, 6.07) is 4.63. The number of nitrogens with one attached hydrogen (secondary N) is 1. The van der Waals surface area contributed by atoms with Gasteiger partial charge in [-0.3, -0.25) is 4.79 Å². The predicted molar refractivity (Wildman–Crippen MR) is 51.9 cm³/mol. The summed E-state index contributed by atoms with van der Waals surface area (Å²) in [6.45, 7) is 1.44. The van der Waals surface area contributed by atoms with Gasteiger partial charge in [0.05, 0.1) is 0 Å². The number of fused-ring (bicyclic) bond motifs is 1. The zero-order chi connectivity index (χ0) is 10.1. The van der Waals surface area contributed by atoms with Crippen molar-refractivity contribution in [2.24, 2.45) is 0 Å². The van der Waals surface area contributed by atoms with Gasteiger partial charge in [-0.05, 0) is 24.1 Å². The van der Waals surface area contributed by atoms with Crippen molar-refractivity contribution in [2.75, 3.05) is 0 Å². The molecule has 0 radical (unpaired) electrons. The average molecular weight is 191 g/mol. The smallest absolute Gasteiger partial charge is 0.221 e. The lowest BCUT2D eigenvalue weighted by Crippen LogP contribution is -2.17. The molecular formula is C11H10FNO. The van der Waals surface area contributed by atoms with Crippen molar-refractivity contribution in [3.8, 4) is 0 Å². The molecule has 0 heterocycles. The SMILES string of the molecule is CC(=O)NC1=CCc2ccc(F)cc21. The molecule has 0 bridgehead atoms. The lowest BCUT2D eigenvalue weighted by Gasteiger charge is -2.05. The molecule has 72 valence electrons. The molecule has 1 aromatic carbocycles. The van der Waals surface area contributed by atoms with E-state index in [-0.39, 0.29) is 11.7 Å². The summed E-state index contributed by atoms with van der Waals surface area (Å²) < 4.78 is 12.9. The molecule has 1 aromatic rings. The van der Waals surface area contributed by atoms with Crippen molar-refractivity contribution in [1.82, 2.24) is 5.32 Å². The van der Waals surface area contributed by atoms with E-state index in [1.807, 2.05) is 6.08 Å². The summed E-state index contributed by atoms with van der Waals surface area (Å²) >= 11 is 0. The van der Waals surface area contributed by atoms with Gasteiger partial charge in [-0.25, -0.2) is 4.39 Å². The van der Waals surface area contributed by atoms with Crippen LogP contribution in [0.25, 0.3) is 5.70 Å². The van der Waals surface area contributed by atoms with Crippen LogP contribution in [0.4, 0.5) is 4.39 Å². The maximum Gasteiger partial charge on any atom is 0.221 e. The van der Waals surface area contributed by atoms with Gasteiger partial charge in [0.15, 0.2) is 0 Å². The summed E-state index contributed by atoms with van der Waals surface area (Å²) in [4.78, 5) is 10.8. The van der Waals surface area contributed by atoms with Gasteiger partial charge in [0.1, 0.15) is 5.82 Å². The highest BCUT2D eigenvalue weighted by atomic mass is 19.1. The number of carbonyl (C=O) groups is 1. The number of hydrogen-bond donors (Lipinski definition) is 1. The van der Waals surface area contributed by atoms with Gasteiger partial charge in [-0.15, -0.1) is 0 Å². The fraction of sp³-hybridized carbons (Fsp3) is 0.182. The number of amides is 1. The van der Waals surface area contributed by atoms with Crippen molar-refractivity contribution in [3.05, 3.63) is 41.2 Å². The van der Waals surface area contributed by atoms with Gasteiger partial charge < -0.3 is 5.32 Å². The third kappa shape index (κ3) is 1.53. The van der Waals surface area contributed by atoms with Gasteiger partial charge in [0, 0.05) is 18.2 Å². The first-order valence-electron chi connectivity index (χ1n) is 4.43. The first-order chi connectivity index (χ1) is 6.66. The van der Waals surface area contributed by atoms with Crippen molar-refractivity contribution in [1.29, 1.82) is 0 Å². The molecule has 3 heteroatoms. The van der Waals surface area contributed by atoms with Crippen LogP contribution in [0, 0.1) is 5.82 Å². The first kappa shape index (κ1) is 8.94. The molecule has 14 heavy (non-hydrogen) atoms. The van der Waals surface area contributed by atoms with E-state index in [1.165, 1.54) is 19.1 Å². The van der Waals surface area contributed by atoms with Gasteiger partial charge in [0.2, 0.25) is 5.91 Å². The number of allylic oxidation sites excluding steroid dienone is 1. The summed E-state index contributed by atoms with van der Waals surface area (Å²) in [5.41, 5.74) is 2.56. The number of halogens is 1. The Kier molecular flexibility index (Phi) is 2.08. The van der Waals surface area contributed by atoms with E-state index in [0.717, 1.165) is 17.5 Å². The molecule has 1 amide bonds. The Balaban J connectivity index is 2.35. The van der Waals surface area contributed by atoms with Crippen LogP contribution in [0.3, 0.4) is 0 Å². The minimum absolute atomic E-state index is 0.131. The van der Waals surface area contributed by atoms with Crippen molar-refractivity contribution in [3.63, 3.8) is 0 Å². The maximum atomic E-state index is 12.9. The molecule has 0 spiro atoms. The molecule has 0 aromatic heterocycles. The highest BCUT2D eigenvalue weighted by Crippen LogP contribution is 2.25. The van der Waals surface area contributed by atoms with Crippen molar-refractivity contribution < 1.29 is 9.18 Å². The summed E-state index contributed by atoms with van der Waals surface area (Å²) in [5, 5.41) is 2.68. The molecule has 0 atom stereocenters. The van der Waals surface area contributed by atoms with E-state index in [1.54, 1.807) is 6.07 Å². The third-order valence-corrected chi connectivity index (χ3v) is 2.20. The van der Waals surface area contributed by atoms with Crippen LogP contribution in [0.5, 0.6) is 0 Å². The quantitative estimate of drug-likeness (QED) is 0.721. The van der Waals surface area contributed by atoms with Gasteiger partial charge in [0.25, 0.3) is 0 Å². The zero-order valence-electron chi connectivity index (χ0n) is 7.80. The highest BCUT2D eigenvalue weighted by molar-refractivity contribution is 5.87. The normalized spacial score (nSPS) is 13.4. The molecule has 1 N–H and O–H groups in total. The Morgan fingerprint density at radius 3 is 3.00 bits per heavy atom. The molecule has 1 aliphatic carbocycles. The molecule has 0 fully saturated rings. The van der Waals surface area contributed by atoms with E-state index >= 15 is 0 Å². The van der Waals surface area contributed by atoms with E-state index in [2.05, 4.69) is 5.32 Å². The van der Waals surface area contributed by atoms with Crippen LogP contribution in [0.15, 0.2) is 24.3 Å². The second-order valence-electron chi connectivity index (χ2n) is 3.30. The third-order valence-electron chi connectivity index (χ3n) is 2.20. The molecule has 0 unspecified atom stereocenters. The number of hydrogen-bond acceptors (Lipinski definition) is 1. The lowest BCUT2D eigenvalue weighted by molar-refractivity contribution is -0.117. The Morgan fingerprint density at radius 2 is 2.29 bits per heavy atom. The van der Waals surface area contributed by atoms with Crippen molar-refractivity contribution >= 4 is 11.6 Å². The fourth-order valence-electron chi connectivity index (χ4n) is 1.61. The van der Waals surface area contributed by atoms with Crippen LogP contribution in [-0.2, 0) is 11.2 Å².